The van der Waals surface area contributed by atoms with Gasteiger partial charge in [-0.1, -0.05) is 30.3 Å². The lowest BCUT2D eigenvalue weighted by atomic mass is 9.88. The summed E-state index contributed by atoms with van der Waals surface area (Å²) in [5.74, 6) is -0.655. The number of carbonyl (C=O) groups is 1. The molecule has 0 spiro atoms. The average Bonchev–Trinajstić information content (AvgIpc) is 2.54. The molecule has 0 bridgehead atoms. The molecular formula is C16H16N2O4S. The molecule has 1 aromatic carbocycles. The molecule has 0 unspecified atom stereocenters. The van der Waals surface area contributed by atoms with E-state index in [-0.39, 0.29) is 29.3 Å². The van der Waals surface area contributed by atoms with E-state index in [0.29, 0.717) is 11.4 Å². The maximum atomic E-state index is 12.3. The number of aromatic amines is 2. The first-order valence-corrected chi connectivity index (χ1v) is 7.74. The molecule has 1 aromatic heterocycles. The van der Waals surface area contributed by atoms with E-state index in [1.54, 1.807) is 6.92 Å². The van der Waals surface area contributed by atoms with Gasteiger partial charge in [0, 0.05) is 6.42 Å². The number of carbonyl (C=O) groups excluding carboxylic acids is 1. The number of nitrogens with one attached hydrogen (secondary N) is 2. The zero-order chi connectivity index (χ0) is 16.4. The van der Waals surface area contributed by atoms with Gasteiger partial charge in [-0.05, 0) is 24.7 Å². The van der Waals surface area contributed by atoms with Crippen LogP contribution in [0.25, 0.3) is 0 Å². The molecule has 2 heterocycles. The third-order valence-corrected chi connectivity index (χ3v) is 3.96. The first-order valence-electron chi connectivity index (χ1n) is 7.34. The van der Waals surface area contributed by atoms with Crippen LogP contribution in [0.2, 0.25) is 0 Å². The van der Waals surface area contributed by atoms with Crippen molar-refractivity contribution in [1.82, 2.24) is 9.97 Å². The lowest BCUT2D eigenvalue weighted by Crippen LogP contribution is -2.36. The van der Waals surface area contributed by atoms with Crippen molar-refractivity contribution in [3.05, 3.63) is 56.6 Å². The minimum atomic E-state index is -0.588. The van der Waals surface area contributed by atoms with Crippen LogP contribution in [-0.4, -0.2) is 22.5 Å². The molecule has 0 saturated carbocycles. The van der Waals surface area contributed by atoms with Crippen molar-refractivity contribution in [2.45, 2.75) is 19.4 Å². The first-order chi connectivity index (χ1) is 11.1. The Morgan fingerprint density at radius 1 is 1.35 bits per heavy atom. The normalized spacial score (nSPS) is 19.5. The van der Waals surface area contributed by atoms with Gasteiger partial charge in [0.25, 0.3) is 5.56 Å². The zero-order valence-electron chi connectivity index (χ0n) is 12.5. The van der Waals surface area contributed by atoms with Crippen molar-refractivity contribution in [3.8, 4) is 5.88 Å². The summed E-state index contributed by atoms with van der Waals surface area (Å²) in [5, 5.41) is 0. The maximum Gasteiger partial charge on any atom is 0.313 e. The standard InChI is InChI=1S/C16H16N2O4S/c1-2-21-15(20)10-8-11-13(19)17-16(23)18-14(11)22-12(10)9-6-4-3-5-7-9/h3-7,10,12H,2,8H2,1H3,(H2,17,18,19,23)/t10-,12+/m1/s1. The lowest BCUT2D eigenvalue weighted by Gasteiger charge is -2.31. The van der Waals surface area contributed by atoms with E-state index in [1.807, 2.05) is 30.3 Å². The summed E-state index contributed by atoms with van der Waals surface area (Å²) in [6, 6.07) is 9.39. The van der Waals surface area contributed by atoms with Gasteiger partial charge in [-0.3, -0.25) is 14.6 Å². The Bertz CT molecular complexity index is 828. The second-order valence-electron chi connectivity index (χ2n) is 5.23. The van der Waals surface area contributed by atoms with E-state index in [1.165, 1.54) is 0 Å². The quantitative estimate of drug-likeness (QED) is 0.665. The maximum absolute atomic E-state index is 12.3. The van der Waals surface area contributed by atoms with Crippen LogP contribution in [0, 0.1) is 10.7 Å². The summed E-state index contributed by atoms with van der Waals surface area (Å²) >= 11 is 4.98. The van der Waals surface area contributed by atoms with Crippen molar-refractivity contribution in [1.29, 1.82) is 0 Å². The molecule has 3 rings (SSSR count). The van der Waals surface area contributed by atoms with E-state index >= 15 is 0 Å². The second-order valence-corrected chi connectivity index (χ2v) is 5.64. The Morgan fingerprint density at radius 3 is 2.78 bits per heavy atom. The minimum absolute atomic E-state index is 0.190. The highest BCUT2D eigenvalue weighted by Gasteiger charge is 2.38. The minimum Gasteiger partial charge on any atom is -0.469 e. The number of benzene rings is 1. The Balaban J connectivity index is 2.06. The Labute approximate surface area is 137 Å². The number of esters is 1. The second kappa shape index (κ2) is 6.37. The Kier molecular flexibility index (Phi) is 4.29. The summed E-state index contributed by atoms with van der Waals surface area (Å²) in [6.45, 7) is 2.02. The van der Waals surface area contributed by atoms with E-state index in [0.717, 1.165) is 5.56 Å². The van der Waals surface area contributed by atoms with Gasteiger partial charge >= 0.3 is 5.97 Å². The molecule has 120 valence electrons. The molecule has 2 atom stereocenters. The number of fused-ring (bicyclic) bond motifs is 1. The van der Waals surface area contributed by atoms with Gasteiger partial charge in [-0.15, -0.1) is 0 Å². The van der Waals surface area contributed by atoms with Crippen LogP contribution in [0.5, 0.6) is 5.88 Å². The number of aromatic nitrogens is 2. The molecule has 1 aliphatic rings. The molecule has 7 heteroatoms. The lowest BCUT2D eigenvalue weighted by molar-refractivity contribution is -0.152. The number of hydrogen-bond donors (Lipinski definition) is 2. The zero-order valence-corrected chi connectivity index (χ0v) is 13.3. The van der Waals surface area contributed by atoms with Gasteiger partial charge in [0.1, 0.15) is 12.0 Å². The summed E-state index contributed by atoms with van der Waals surface area (Å²) in [4.78, 5) is 29.8. The fourth-order valence-electron chi connectivity index (χ4n) is 2.71. The predicted molar refractivity (Wildman–Crippen MR) is 85.9 cm³/mol. The van der Waals surface area contributed by atoms with Gasteiger partial charge < -0.3 is 14.5 Å². The molecule has 2 aromatic rings. The molecule has 0 fully saturated rings. The molecule has 0 radical (unpaired) electrons. The van der Waals surface area contributed by atoms with Gasteiger partial charge in [0.15, 0.2) is 4.77 Å². The van der Waals surface area contributed by atoms with Crippen LogP contribution in [0.3, 0.4) is 0 Å². The molecule has 0 aliphatic carbocycles. The van der Waals surface area contributed by atoms with E-state index in [2.05, 4.69) is 9.97 Å². The van der Waals surface area contributed by atoms with Gasteiger partial charge in [0.05, 0.1) is 12.2 Å². The van der Waals surface area contributed by atoms with E-state index in [9.17, 15) is 9.59 Å². The van der Waals surface area contributed by atoms with Gasteiger partial charge in [0.2, 0.25) is 5.88 Å². The molecule has 0 saturated heterocycles. The van der Waals surface area contributed by atoms with Gasteiger partial charge in [-0.2, -0.15) is 0 Å². The van der Waals surface area contributed by atoms with Crippen LogP contribution < -0.4 is 10.3 Å². The molecule has 2 N–H and O–H groups in total. The van der Waals surface area contributed by atoms with Crippen molar-refractivity contribution >= 4 is 18.2 Å². The fraction of sp³-hybridized carbons (Fsp3) is 0.312. The largest absolute Gasteiger partial charge is 0.469 e. The SMILES string of the molecule is CCOC(=O)[C@@H]1Cc2c([nH]c(=S)[nH]c2=O)O[C@H]1c1ccccc1. The first kappa shape index (κ1) is 15.5. The molecular weight excluding hydrogens is 316 g/mol. The van der Waals surface area contributed by atoms with Crippen LogP contribution in [0.4, 0.5) is 0 Å². The highest BCUT2D eigenvalue weighted by atomic mass is 32.1. The summed E-state index contributed by atoms with van der Waals surface area (Å²) in [6.07, 6.45) is -0.301. The van der Waals surface area contributed by atoms with Crippen molar-refractivity contribution < 1.29 is 14.3 Å². The topological polar surface area (TPSA) is 84.2 Å². The highest BCUT2D eigenvalue weighted by Crippen LogP contribution is 2.36. The van der Waals surface area contributed by atoms with Crippen molar-refractivity contribution in [3.63, 3.8) is 0 Å². The third kappa shape index (κ3) is 3.05. The summed E-state index contributed by atoms with van der Waals surface area (Å²) in [7, 11) is 0. The van der Waals surface area contributed by atoms with E-state index < -0.39 is 12.0 Å². The number of ether oxygens (including phenoxy) is 2. The number of hydrogen-bond acceptors (Lipinski definition) is 5. The smallest absolute Gasteiger partial charge is 0.313 e. The van der Waals surface area contributed by atoms with Crippen LogP contribution in [-0.2, 0) is 16.0 Å². The molecule has 0 amide bonds. The van der Waals surface area contributed by atoms with Gasteiger partial charge in [-0.25, -0.2) is 0 Å². The predicted octanol–water partition coefficient (Wildman–Crippen LogP) is 2.29. The number of H-pyrrole nitrogens is 2. The average molecular weight is 332 g/mol. The third-order valence-electron chi connectivity index (χ3n) is 3.75. The highest BCUT2D eigenvalue weighted by molar-refractivity contribution is 7.71. The number of rotatable bonds is 3. The molecule has 6 nitrogen and oxygen atoms in total. The molecule has 23 heavy (non-hydrogen) atoms. The van der Waals surface area contributed by atoms with Crippen molar-refractivity contribution in [2.75, 3.05) is 6.61 Å². The molecule has 1 aliphatic heterocycles. The summed E-state index contributed by atoms with van der Waals surface area (Å²) in [5.41, 5.74) is 0.879. The van der Waals surface area contributed by atoms with E-state index in [4.69, 9.17) is 21.7 Å². The Hall–Kier alpha value is -2.41. The monoisotopic (exact) mass is 332 g/mol. The summed E-state index contributed by atoms with van der Waals surface area (Å²) < 4.78 is 11.3. The van der Waals surface area contributed by atoms with Crippen LogP contribution >= 0.6 is 12.2 Å². The van der Waals surface area contributed by atoms with Crippen LogP contribution in [0.15, 0.2) is 35.1 Å². The van der Waals surface area contributed by atoms with Crippen LogP contribution in [0.1, 0.15) is 24.2 Å². The van der Waals surface area contributed by atoms with Crippen molar-refractivity contribution in [2.24, 2.45) is 5.92 Å². The Morgan fingerprint density at radius 2 is 2.09 bits per heavy atom. The fourth-order valence-corrected chi connectivity index (χ4v) is 2.90.